The van der Waals surface area contributed by atoms with E-state index in [1.165, 1.54) is 16.3 Å². The highest BCUT2D eigenvalue weighted by atomic mass is 32.2. The Morgan fingerprint density at radius 3 is 2.57 bits per heavy atom. The van der Waals surface area contributed by atoms with Crippen molar-refractivity contribution in [2.45, 2.75) is 69.8 Å². The fourth-order valence-corrected chi connectivity index (χ4v) is 6.95. The van der Waals surface area contributed by atoms with Gasteiger partial charge in [0, 0.05) is 37.1 Å². The van der Waals surface area contributed by atoms with Crippen molar-refractivity contribution in [2.24, 2.45) is 5.92 Å². The van der Waals surface area contributed by atoms with Gasteiger partial charge in [-0.1, -0.05) is 6.07 Å². The number of benzene rings is 2. The van der Waals surface area contributed by atoms with E-state index in [4.69, 9.17) is 9.47 Å². The summed E-state index contributed by atoms with van der Waals surface area (Å²) < 4.78 is 39.7. The lowest BCUT2D eigenvalue weighted by Crippen LogP contribution is -2.41. The largest absolute Gasteiger partial charge is 0.492 e. The van der Waals surface area contributed by atoms with Crippen LogP contribution in [0.1, 0.15) is 56.2 Å². The monoisotopic (exact) mass is 498 g/mol. The lowest BCUT2D eigenvalue weighted by molar-refractivity contribution is -0.120. The molecule has 1 saturated heterocycles. The fourth-order valence-electron chi connectivity index (χ4n) is 5.42. The molecule has 0 radical (unpaired) electrons. The van der Waals surface area contributed by atoms with Crippen LogP contribution in [0, 0.1) is 5.92 Å². The minimum atomic E-state index is -3.56. The Hall–Kier alpha value is -2.58. The Morgan fingerprint density at radius 2 is 1.83 bits per heavy atom. The molecule has 1 fully saturated rings. The predicted octanol–water partition coefficient (Wildman–Crippen LogP) is 4.33. The third kappa shape index (κ3) is 4.91. The number of nitrogens with one attached hydrogen (secondary N) is 1. The minimum Gasteiger partial charge on any atom is -0.492 e. The standard InChI is InChI=1S/C27H34N2O5S/c1-3-33-26-16-22-14-18(2)34-25(22)17-24(26)28-27(30)20-10-12-29(13-11-20)35(31,32)23-9-8-19-6-4-5-7-21(19)15-23/h8-9,15-18,20H,3-7,10-14H2,1-2H3,(H,28,30)/t18-/m1/s1. The average Bonchev–Trinajstić information content (AvgIpc) is 3.22. The molecule has 0 unspecified atom stereocenters. The van der Waals surface area contributed by atoms with Crippen LogP contribution in [0.3, 0.4) is 0 Å². The second kappa shape index (κ2) is 9.82. The number of rotatable bonds is 6. The molecule has 1 aliphatic carbocycles. The van der Waals surface area contributed by atoms with Gasteiger partial charge in [-0.2, -0.15) is 4.31 Å². The zero-order valence-electron chi connectivity index (χ0n) is 20.5. The van der Waals surface area contributed by atoms with E-state index >= 15 is 0 Å². The summed E-state index contributed by atoms with van der Waals surface area (Å²) in [5.41, 5.74) is 4.11. The number of amides is 1. The number of sulfonamides is 1. The number of nitrogens with zero attached hydrogens (tertiary/aromatic N) is 1. The lowest BCUT2D eigenvalue weighted by atomic mass is 9.92. The Bertz CT molecular complexity index is 1220. The topological polar surface area (TPSA) is 84.9 Å². The van der Waals surface area contributed by atoms with E-state index < -0.39 is 10.0 Å². The molecule has 2 aromatic carbocycles. The number of ether oxygens (including phenoxy) is 2. The maximum Gasteiger partial charge on any atom is 0.243 e. The van der Waals surface area contributed by atoms with Crippen LogP contribution in [0.4, 0.5) is 5.69 Å². The summed E-state index contributed by atoms with van der Waals surface area (Å²) in [5, 5.41) is 3.02. The average molecular weight is 499 g/mol. The van der Waals surface area contributed by atoms with Crippen LogP contribution in [0.15, 0.2) is 35.2 Å². The zero-order valence-corrected chi connectivity index (χ0v) is 21.3. The first-order chi connectivity index (χ1) is 16.8. The summed E-state index contributed by atoms with van der Waals surface area (Å²) in [4.78, 5) is 13.5. The van der Waals surface area contributed by atoms with Crippen LogP contribution in [0.2, 0.25) is 0 Å². The third-order valence-corrected chi connectivity index (χ3v) is 9.23. The summed E-state index contributed by atoms with van der Waals surface area (Å²) in [6.45, 7) is 5.10. The van der Waals surface area contributed by atoms with Gasteiger partial charge in [-0.15, -0.1) is 0 Å². The quantitative estimate of drug-likeness (QED) is 0.641. The van der Waals surface area contributed by atoms with Crippen LogP contribution >= 0.6 is 0 Å². The number of fused-ring (bicyclic) bond motifs is 2. The number of carbonyl (C=O) groups excluding carboxylic acids is 1. The van der Waals surface area contributed by atoms with Gasteiger partial charge in [-0.3, -0.25) is 4.79 Å². The predicted molar refractivity (Wildman–Crippen MR) is 135 cm³/mol. The Morgan fingerprint density at radius 1 is 1.09 bits per heavy atom. The molecule has 1 N–H and O–H groups in total. The molecule has 0 bridgehead atoms. The fraction of sp³-hybridized carbons (Fsp3) is 0.519. The van der Waals surface area contributed by atoms with Gasteiger partial charge in [0.25, 0.3) is 0 Å². The summed E-state index contributed by atoms with van der Waals surface area (Å²) in [6, 6.07) is 9.36. The Labute approximate surface area is 207 Å². The van der Waals surface area contributed by atoms with Gasteiger partial charge in [0.1, 0.15) is 17.6 Å². The summed E-state index contributed by atoms with van der Waals surface area (Å²) in [5.74, 6) is 1.06. The molecule has 2 aromatic rings. The van der Waals surface area contributed by atoms with Gasteiger partial charge in [0.05, 0.1) is 17.2 Å². The Kier molecular flexibility index (Phi) is 6.77. The number of aryl methyl sites for hydroxylation is 2. The summed E-state index contributed by atoms with van der Waals surface area (Å²) in [7, 11) is -3.56. The second-order valence-corrected chi connectivity index (χ2v) is 11.8. The van der Waals surface area contributed by atoms with E-state index in [2.05, 4.69) is 5.32 Å². The first-order valence-corrected chi connectivity index (χ1v) is 14.2. The first kappa shape index (κ1) is 24.1. The van der Waals surface area contributed by atoms with E-state index in [9.17, 15) is 13.2 Å². The van der Waals surface area contributed by atoms with Crippen molar-refractivity contribution in [1.29, 1.82) is 0 Å². The number of anilines is 1. The third-order valence-electron chi connectivity index (χ3n) is 7.34. The second-order valence-electron chi connectivity index (χ2n) is 9.83. The smallest absolute Gasteiger partial charge is 0.243 e. The van der Waals surface area contributed by atoms with Crippen LogP contribution < -0.4 is 14.8 Å². The van der Waals surface area contributed by atoms with Crippen LogP contribution in [-0.4, -0.2) is 44.4 Å². The molecule has 1 atom stereocenters. The highest BCUT2D eigenvalue weighted by Gasteiger charge is 2.33. The van der Waals surface area contributed by atoms with Gasteiger partial charge in [0.2, 0.25) is 15.9 Å². The van der Waals surface area contributed by atoms with E-state index in [0.29, 0.717) is 48.9 Å². The van der Waals surface area contributed by atoms with Crippen molar-refractivity contribution >= 4 is 21.6 Å². The molecule has 2 heterocycles. The first-order valence-electron chi connectivity index (χ1n) is 12.7. The van der Waals surface area contributed by atoms with E-state index in [1.54, 1.807) is 6.07 Å². The lowest BCUT2D eigenvalue weighted by Gasteiger charge is -2.31. The van der Waals surface area contributed by atoms with Crippen LogP contribution in [0.25, 0.3) is 0 Å². The zero-order chi connectivity index (χ0) is 24.6. The van der Waals surface area contributed by atoms with Gasteiger partial charge in [-0.25, -0.2) is 8.42 Å². The van der Waals surface area contributed by atoms with Gasteiger partial charge < -0.3 is 14.8 Å². The molecule has 8 heteroatoms. The SMILES string of the molecule is CCOc1cc2c(cc1NC(=O)C1CCN(S(=O)(=O)c3ccc4c(c3)CCCC4)CC1)O[C@H](C)C2. The van der Waals surface area contributed by atoms with E-state index in [0.717, 1.165) is 42.6 Å². The molecule has 5 rings (SSSR count). The molecule has 2 aliphatic heterocycles. The molecule has 35 heavy (non-hydrogen) atoms. The molecule has 3 aliphatic rings. The van der Waals surface area contributed by atoms with E-state index in [1.807, 2.05) is 38.1 Å². The normalized spacial score (nSPS) is 20.6. The summed E-state index contributed by atoms with van der Waals surface area (Å²) >= 11 is 0. The molecular formula is C27H34N2O5S. The number of carbonyl (C=O) groups is 1. The van der Waals surface area contributed by atoms with E-state index in [-0.39, 0.29) is 17.9 Å². The van der Waals surface area contributed by atoms with Crippen molar-refractivity contribution in [2.75, 3.05) is 25.0 Å². The highest BCUT2D eigenvalue weighted by Crippen LogP contribution is 2.38. The molecule has 0 spiro atoms. The van der Waals surface area contributed by atoms with Gasteiger partial charge >= 0.3 is 0 Å². The molecule has 1 amide bonds. The minimum absolute atomic E-state index is 0.104. The summed E-state index contributed by atoms with van der Waals surface area (Å²) in [6.07, 6.45) is 6.13. The van der Waals surface area contributed by atoms with Crippen molar-refractivity contribution in [3.8, 4) is 11.5 Å². The molecule has 0 saturated carbocycles. The Balaban J connectivity index is 1.24. The van der Waals surface area contributed by atoms with Crippen molar-refractivity contribution in [3.63, 3.8) is 0 Å². The maximum absolute atomic E-state index is 13.3. The van der Waals surface area contributed by atoms with Gasteiger partial charge in [0.15, 0.2) is 0 Å². The van der Waals surface area contributed by atoms with Gasteiger partial charge in [-0.05, 0) is 81.7 Å². The van der Waals surface area contributed by atoms with Crippen LogP contribution in [0.5, 0.6) is 11.5 Å². The molecular weight excluding hydrogens is 464 g/mol. The maximum atomic E-state index is 13.3. The molecule has 188 valence electrons. The van der Waals surface area contributed by atoms with Crippen molar-refractivity contribution in [3.05, 3.63) is 47.0 Å². The number of piperidine rings is 1. The van der Waals surface area contributed by atoms with Crippen molar-refractivity contribution < 1.29 is 22.7 Å². The molecule has 7 nitrogen and oxygen atoms in total. The van der Waals surface area contributed by atoms with Crippen LogP contribution in [-0.2, 0) is 34.1 Å². The van der Waals surface area contributed by atoms with Crippen molar-refractivity contribution in [1.82, 2.24) is 4.31 Å². The number of hydrogen-bond donors (Lipinski definition) is 1. The number of hydrogen-bond acceptors (Lipinski definition) is 5. The molecule has 0 aromatic heterocycles. The highest BCUT2D eigenvalue weighted by molar-refractivity contribution is 7.89.